The van der Waals surface area contributed by atoms with Crippen LogP contribution >= 0.6 is 0 Å². The highest BCUT2D eigenvalue weighted by Crippen LogP contribution is 2.26. The summed E-state index contributed by atoms with van der Waals surface area (Å²) in [4.78, 5) is 24.3. The lowest BCUT2D eigenvalue weighted by molar-refractivity contribution is -0.148. The van der Waals surface area contributed by atoms with Crippen LogP contribution in [-0.4, -0.2) is 25.6 Å². The van der Waals surface area contributed by atoms with E-state index < -0.39 is 5.97 Å². The number of carbonyl (C=O) groups excluding carboxylic acids is 2. The molecule has 0 bridgehead atoms. The average Bonchev–Trinajstić information content (AvgIpc) is 3.10. The van der Waals surface area contributed by atoms with Crippen LogP contribution in [0.3, 0.4) is 0 Å². The molecular weight excluding hydrogens is 370 g/mol. The van der Waals surface area contributed by atoms with Crippen LogP contribution in [0, 0.1) is 13.8 Å². The van der Waals surface area contributed by atoms with Crippen LogP contribution in [0.4, 0.5) is 0 Å². The van der Waals surface area contributed by atoms with Crippen LogP contribution in [0.5, 0.6) is 5.75 Å². The zero-order valence-corrected chi connectivity index (χ0v) is 17.1. The Kier molecular flexibility index (Phi) is 6.22. The number of fused-ring (bicyclic) bond motifs is 1. The maximum Gasteiger partial charge on any atom is 0.310 e. The van der Waals surface area contributed by atoms with Gasteiger partial charge in [-0.3, -0.25) is 9.59 Å². The summed E-state index contributed by atoms with van der Waals surface area (Å²) in [6.07, 6.45) is 1.55. The van der Waals surface area contributed by atoms with Crippen LogP contribution < -0.4 is 10.1 Å². The van der Waals surface area contributed by atoms with E-state index >= 15 is 0 Å². The largest absolute Gasteiger partial charge is 0.497 e. The van der Waals surface area contributed by atoms with Crippen LogP contribution in [-0.2, 0) is 20.7 Å². The van der Waals surface area contributed by atoms with E-state index in [-0.39, 0.29) is 25.0 Å². The molecule has 0 aliphatic heterocycles. The Hall–Kier alpha value is -3.28. The number of nitrogens with one attached hydrogen (secondary N) is 1. The van der Waals surface area contributed by atoms with E-state index in [9.17, 15) is 9.59 Å². The maximum atomic E-state index is 12.2. The van der Waals surface area contributed by atoms with Gasteiger partial charge in [0.25, 0.3) is 5.91 Å². The molecule has 1 amide bonds. The molecule has 29 heavy (non-hydrogen) atoms. The summed E-state index contributed by atoms with van der Waals surface area (Å²) in [5, 5.41) is 3.67. The van der Waals surface area contributed by atoms with Crippen LogP contribution in [0.1, 0.15) is 35.2 Å². The lowest BCUT2D eigenvalue weighted by Gasteiger charge is -2.15. The van der Waals surface area contributed by atoms with E-state index in [1.807, 2.05) is 45.0 Å². The van der Waals surface area contributed by atoms with E-state index in [1.165, 1.54) is 17.4 Å². The topological polar surface area (TPSA) is 77.8 Å². The molecule has 0 saturated carbocycles. The zero-order valence-electron chi connectivity index (χ0n) is 17.1. The summed E-state index contributed by atoms with van der Waals surface area (Å²) < 4.78 is 15.8. The molecule has 0 saturated heterocycles. The molecule has 2 aromatic carbocycles. The minimum absolute atomic E-state index is 0.0271. The first-order valence-electron chi connectivity index (χ1n) is 9.43. The molecule has 3 rings (SSSR count). The van der Waals surface area contributed by atoms with Crippen molar-refractivity contribution in [3.05, 3.63) is 64.9 Å². The van der Waals surface area contributed by atoms with Crippen molar-refractivity contribution in [1.82, 2.24) is 5.32 Å². The molecule has 152 valence electrons. The zero-order chi connectivity index (χ0) is 21.0. The number of hydrogen-bond donors (Lipinski definition) is 1. The first kappa shape index (κ1) is 20.5. The van der Waals surface area contributed by atoms with Gasteiger partial charge in [-0.1, -0.05) is 18.2 Å². The van der Waals surface area contributed by atoms with Crippen molar-refractivity contribution in [1.29, 1.82) is 0 Å². The second-order valence-corrected chi connectivity index (χ2v) is 7.09. The molecule has 1 N–H and O–H groups in total. The molecule has 1 heterocycles. The number of ether oxygens (including phenoxy) is 2. The predicted molar refractivity (Wildman–Crippen MR) is 110 cm³/mol. The van der Waals surface area contributed by atoms with Crippen LogP contribution in [0.15, 0.2) is 47.1 Å². The van der Waals surface area contributed by atoms with Gasteiger partial charge in [-0.2, -0.15) is 0 Å². The Morgan fingerprint density at radius 2 is 1.90 bits per heavy atom. The lowest BCUT2D eigenvalue weighted by Crippen LogP contribution is -2.31. The quantitative estimate of drug-likeness (QED) is 0.612. The van der Waals surface area contributed by atoms with E-state index in [0.717, 1.165) is 10.9 Å². The molecule has 6 heteroatoms. The van der Waals surface area contributed by atoms with Crippen molar-refractivity contribution < 1.29 is 23.5 Å². The summed E-state index contributed by atoms with van der Waals surface area (Å²) in [7, 11) is 1.58. The molecule has 0 spiro atoms. The minimum Gasteiger partial charge on any atom is -0.497 e. The number of aryl methyl sites for hydroxylation is 2. The molecule has 1 unspecified atom stereocenters. The number of carbonyl (C=O) groups is 2. The molecule has 1 atom stereocenters. The van der Waals surface area contributed by atoms with E-state index in [0.29, 0.717) is 16.9 Å². The van der Waals surface area contributed by atoms with Gasteiger partial charge in [0.2, 0.25) is 0 Å². The summed E-state index contributed by atoms with van der Waals surface area (Å²) >= 11 is 0. The maximum absolute atomic E-state index is 12.2. The van der Waals surface area contributed by atoms with Gasteiger partial charge in [0, 0.05) is 17.0 Å². The number of methoxy groups -OCH3 is 1. The highest BCUT2D eigenvalue weighted by Gasteiger charge is 2.15. The van der Waals surface area contributed by atoms with E-state index in [1.54, 1.807) is 19.2 Å². The number of esters is 1. The summed E-state index contributed by atoms with van der Waals surface area (Å²) in [6.45, 7) is 5.65. The molecule has 6 nitrogen and oxygen atoms in total. The monoisotopic (exact) mass is 395 g/mol. The molecule has 0 aliphatic carbocycles. The fraction of sp³-hybridized carbons (Fsp3) is 0.304. The summed E-state index contributed by atoms with van der Waals surface area (Å²) in [5.41, 5.74) is 4.71. The highest BCUT2D eigenvalue weighted by molar-refractivity contribution is 5.87. The van der Waals surface area contributed by atoms with E-state index in [2.05, 4.69) is 5.32 Å². The third-order valence-electron chi connectivity index (χ3n) is 4.97. The van der Waals surface area contributed by atoms with Crippen molar-refractivity contribution in [3.63, 3.8) is 0 Å². The van der Waals surface area contributed by atoms with Crippen LogP contribution in [0.25, 0.3) is 11.0 Å². The number of rotatable bonds is 7. The Morgan fingerprint density at radius 3 is 2.62 bits per heavy atom. The van der Waals surface area contributed by atoms with Gasteiger partial charge in [0.15, 0.2) is 6.61 Å². The first-order valence-corrected chi connectivity index (χ1v) is 9.43. The number of furan rings is 1. The Labute approximate surface area is 169 Å². The third-order valence-corrected chi connectivity index (χ3v) is 4.97. The number of benzene rings is 2. The fourth-order valence-corrected chi connectivity index (χ4v) is 3.08. The van der Waals surface area contributed by atoms with Gasteiger partial charge in [-0.05, 0) is 49.6 Å². The number of amides is 1. The standard InChI is InChI=1S/C23H25NO5/c1-14-5-6-17(9-15(14)2)16(3)24-22(25)13-29-23(26)10-18-12-28-21-11-19(27-4)7-8-20(18)21/h5-9,11-12,16H,10,13H2,1-4H3,(H,24,25). The molecule has 0 radical (unpaired) electrons. The third kappa shape index (κ3) is 4.96. The lowest BCUT2D eigenvalue weighted by atomic mass is 10.0. The Bertz CT molecular complexity index is 1040. The van der Waals surface area contributed by atoms with Crippen molar-refractivity contribution in [3.8, 4) is 5.75 Å². The highest BCUT2D eigenvalue weighted by atomic mass is 16.5. The molecule has 0 aliphatic rings. The van der Waals surface area contributed by atoms with Crippen LogP contribution in [0.2, 0.25) is 0 Å². The van der Waals surface area contributed by atoms with E-state index in [4.69, 9.17) is 13.9 Å². The van der Waals surface area contributed by atoms with Gasteiger partial charge < -0.3 is 19.2 Å². The van der Waals surface area contributed by atoms with Crippen molar-refractivity contribution in [2.45, 2.75) is 33.2 Å². The van der Waals surface area contributed by atoms with Gasteiger partial charge in [-0.25, -0.2) is 0 Å². The Morgan fingerprint density at radius 1 is 1.10 bits per heavy atom. The number of hydrogen-bond acceptors (Lipinski definition) is 5. The van der Waals surface area contributed by atoms with Crippen molar-refractivity contribution in [2.75, 3.05) is 13.7 Å². The van der Waals surface area contributed by atoms with Gasteiger partial charge in [0.05, 0.1) is 25.8 Å². The summed E-state index contributed by atoms with van der Waals surface area (Å²) in [5.74, 6) is -0.154. The summed E-state index contributed by atoms with van der Waals surface area (Å²) in [6, 6.07) is 11.3. The molecule has 1 aromatic heterocycles. The Balaban J connectivity index is 1.52. The first-order chi connectivity index (χ1) is 13.9. The van der Waals surface area contributed by atoms with Gasteiger partial charge in [0.1, 0.15) is 11.3 Å². The average molecular weight is 395 g/mol. The normalized spacial score (nSPS) is 11.9. The van der Waals surface area contributed by atoms with Crippen molar-refractivity contribution >= 4 is 22.8 Å². The minimum atomic E-state index is -0.488. The fourth-order valence-electron chi connectivity index (χ4n) is 3.08. The van der Waals surface area contributed by atoms with Gasteiger partial charge >= 0.3 is 5.97 Å². The smallest absolute Gasteiger partial charge is 0.310 e. The second-order valence-electron chi connectivity index (χ2n) is 7.09. The molecule has 0 fully saturated rings. The second kappa shape index (κ2) is 8.82. The molecule has 3 aromatic rings. The van der Waals surface area contributed by atoms with Crippen molar-refractivity contribution in [2.24, 2.45) is 0 Å². The predicted octanol–water partition coefficient (Wildman–Crippen LogP) is 4.02. The SMILES string of the molecule is COc1ccc2c(CC(=O)OCC(=O)NC(C)c3ccc(C)c(C)c3)coc2c1. The molecular formula is C23H25NO5. The van der Waals surface area contributed by atoms with Gasteiger partial charge in [-0.15, -0.1) is 0 Å².